The van der Waals surface area contributed by atoms with Gasteiger partial charge in [-0.25, -0.2) is 0 Å². The van der Waals surface area contributed by atoms with E-state index in [1.54, 1.807) is 0 Å². The monoisotopic (exact) mass is 258 g/mol. The van der Waals surface area contributed by atoms with Gasteiger partial charge in [0.1, 0.15) is 0 Å². The molecule has 1 fully saturated rings. The maximum absolute atomic E-state index is 4.71. The lowest BCUT2D eigenvalue weighted by Crippen LogP contribution is -2.37. The fourth-order valence-electron chi connectivity index (χ4n) is 2.37. The molecule has 0 aromatic heterocycles. The molecule has 3 atom stereocenters. The summed E-state index contributed by atoms with van der Waals surface area (Å²) in [7, 11) is 0. The number of hydrogen-bond donors (Lipinski definition) is 1. The fourth-order valence-corrected chi connectivity index (χ4v) is 4.33. The summed E-state index contributed by atoms with van der Waals surface area (Å²) in [4.78, 5) is 4.71. The Morgan fingerprint density at radius 1 is 1.50 bits per heavy atom. The van der Waals surface area contributed by atoms with Gasteiger partial charge in [-0.15, -0.1) is 0 Å². The number of amidine groups is 1. The lowest BCUT2D eigenvalue weighted by atomic mass is 9.95. The van der Waals surface area contributed by atoms with E-state index in [0.29, 0.717) is 12.1 Å². The normalized spacial score (nSPS) is 34.9. The molecule has 2 rings (SSSR count). The summed E-state index contributed by atoms with van der Waals surface area (Å²) in [5.41, 5.74) is 0. The minimum atomic E-state index is 0.562. The summed E-state index contributed by atoms with van der Waals surface area (Å²) in [5, 5.41) is 5.71. The molecular weight excluding hydrogens is 236 g/mol. The second-order valence-corrected chi connectivity index (χ2v) is 6.82. The molecule has 0 radical (unpaired) electrons. The number of hydrogen-bond acceptors (Lipinski definition) is 4. The summed E-state index contributed by atoms with van der Waals surface area (Å²) in [6.07, 6.45) is 8.83. The van der Waals surface area contributed by atoms with Crippen molar-refractivity contribution >= 4 is 28.7 Å². The van der Waals surface area contributed by atoms with Crippen molar-refractivity contribution in [3.8, 4) is 0 Å². The third-order valence-electron chi connectivity index (χ3n) is 3.47. The fraction of sp³-hybridized carbons (Fsp3) is 0.917. The van der Waals surface area contributed by atoms with Crippen LogP contribution in [0.2, 0.25) is 0 Å². The Hall–Kier alpha value is 0.170. The van der Waals surface area contributed by atoms with E-state index in [2.05, 4.69) is 18.5 Å². The van der Waals surface area contributed by atoms with Crippen molar-refractivity contribution in [2.24, 2.45) is 4.99 Å². The zero-order valence-corrected chi connectivity index (χ0v) is 11.9. The van der Waals surface area contributed by atoms with Crippen molar-refractivity contribution in [2.75, 3.05) is 12.0 Å². The zero-order valence-electron chi connectivity index (χ0n) is 10.2. The van der Waals surface area contributed by atoms with Gasteiger partial charge in [-0.05, 0) is 31.9 Å². The molecule has 4 heteroatoms. The first-order chi connectivity index (χ1) is 7.81. The smallest absolute Gasteiger partial charge is 0.157 e. The Labute approximate surface area is 107 Å². The molecule has 92 valence electrons. The van der Waals surface area contributed by atoms with Crippen molar-refractivity contribution in [3.05, 3.63) is 0 Å². The van der Waals surface area contributed by atoms with Crippen molar-refractivity contribution in [2.45, 2.75) is 56.4 Å². The minimum absolute atomic E-state index is 0.562. The molecule has 1 N–H and O–H groups in total. The van der Waals surface area contributed by atoms with Gasteiger partial charge < -0.3 is 5.32 Å². The van der Waals surface area contributed by atoms with Crippen LogP contribution in [0.5, 0.6) is 0 Å². The quantitative estimate of drug-likeness (QED) is 0.841. The molecule has 1 saturated carbocycles. The van der Waals surface area contributed by atoms with E-state index in [-0.39, 0.29) is 0 Å². The summed E-state index contributed by atoms with van der Waals surface area (Å²) in [5.74, 6) is 1.18. The van der Waals surface area contributed by atoms with Crippen LogP contribution in [0, 0.1) is 0 Å². The number of nitrogens with one attached hydrogen (secondary N) is 1. The van der Waals surface area contributed by atoms with Crippen LogP contribution < -0.4 is 5.32 Å². The SMILES string of the molecule is CCC1CSC(NC2CCCC(SC)C2)=N1. The molecule has 0 saturated heterocycles. The average molecular weight is 258 g/mol. The number of thioether (sulfide) groups is 2. The molecular formula is C12H22N2S2. The third-order valence-corrected chi connectivity index (χ3v) is 5.61. The second-order valence-electron chi connectivity index (χ2n) is 4.67. The molecule has 0 amide bonds. The average Bonchev–Trinajstić information content (AvgIpc) is 2.77. The van der Waals surface area contributed by atoms with Crippen LogP contribution in [-0.2, 0) is 0 Å². The molecule has 1 aliphatic carbocycles. The highest BCUT2D eigenvalue weighted by Gasteiger charge is 2.24. The lowest BCUT2D eigenvalue weighted by molar-refractivity contribution is 0.424. The molecule has 0 aromatic rings. The van der Waals surface area contributed by atoms with Crippen molar-refractivity contribution < 1.29 is 0 Å². The van der Waals surface area contributed by atoms with Crippen molar-refractivity contribution in [1.29, 1.82) is 0 Å². The minimum Gasteiger partial charge on any atom is -0.362 e. The van der Waals surface area contributed by atoms with Crippen molar-refractivity contribution in [3.63, 3.8) is 0 Å². The van der Waals surface area contributed by atoms with Crippen LogP contribution in [0.3, 0.4) is 0 Å². The maximum Gasteiger partial charge on any atom is 0.157 e. The van der Waals surface area contributed by atoms with Gasteiger partial charge in [0.05, 0.1) is 6.04 Å². The van der Waals surface area contributed by atoms with E-state index in [1.807, 2.05) is 23.5 Å². The number of aliphatic imine (C=N–C) groups is 1. The maximum atomic E-state index is 4.71. The molecule has 0 aromatic carbocycles. The first kappa shape index (κ1) is 12.6. The molecule has 2 nitrogen and oxygen atoms in total. The van der Waals surface area contributed by atoms with Gasteiger partial charge in [0, 0.05) is 17.0 Å². The van der Waals surface area contributed by atoms with Crippen LogP contribution in [0.4, 0.5) is 0 Å². The summed E-state index contributed by atoms with van der Waals surface area (Å²) in [6.45, 7) is 2.22. The largest absolute Gasteiger partial charge is 0.362 e. The van der Waals surface area contributed by atoms with Gasteiger partial charge in [-0.3, -0.25) is 4.99 Å². The van der Waals surface area contributed by atoms with Crippen LogP contribution in [0.1, 0.15) is 39.0 Å². The van der Waals surface area contributed by atoms with E-state index in [1.165, 1.54) is 43.0 Å². The van der Waals surface area contributed by atoms with Gasteiger partial charge in [0.15, 0.2) is 5.17 Å². The van der Waals surface area contributed by atoms with E-state index in [0.717, 1.165) is 5.25 Å². The number of nitrogens with zero attached hydrogens (tertiary/aromatic N) is 1. The highest BCUT2D eigenvalue weighted by atomic mass is 32.2. The molecule has 3 unspecified atom stereocenters. The van der Waals surface area contributed by atoms with E-state index in [9.17, 15) is 0 Å². The predicted molar refractivity (Wildman–Crippen MR) is 76.7 cm³/mol. The molecule has 0 bridgehead atoms. The van der Waals surface area contributed by atoms with Crippen molar-refractivity contribution in [1.82, 2.24) is 5.32 Å². The molecule has 2 aliphatic rings. The van der Waals surface area contributed by atoms with Crippen LogP contribution in [-0.4, -0.2) is 34.5 Å². The van der Waals surface area contributed by atoms with Gasteiger partial charge >= 0.3 is 0 Å². The molecule has 1 heterocycles. The Balaban J connectivity index is 1.81. The van der Waals surface area contributed by atoms with Crippen LogP contribution in [0.25, 0.3) is 0 Å². The Morgan fingerprint density at radius 3 is 3.06 bits per heavy atom. The van der Waals surface area contributed by atoms with Crippen LogP contribution >= 0.6 is 23.5 Å². The molecule has 1 aliphatic heterocycles. The lowest BCUT2D eigenvalue weighted by Gasteiger charge is -2.29. The molecule has 16 heavy (non-hydrogen) atoms. The summed E-state index contributed by atoms with van der Waals surface area (Å²) < 4.78 is 0. The molecule has 0 spiro atoms. The highest BCUT2D eigenvalue weighted by molar-refractivity contribution is 8.14. The highest BCUT2D eigenvalue weighted by Crippen LogP contribution is 2.28. The van der Waals surface area contributed by atoms with Gasteiger partial charge in [-0.1, -0.05) is 25.1 Å². The number of rotatable bonds is 3. The van der Waals surface area contributed by atoms with Gasteiger partial charge in [0.25, 0.3) is 0 Å². The summed E-state index contributed by atoms with van der Waals surface area (Å²) in [6, 6.07) is 1.24. The topological polar surface area (TPSA) is 24.4 Å². The Kier molecular flexibility index (Phi) is 4.89. The third kappa shape index (κ3) is 3.33. The first-order valence-corrected chi connectivity index (χ1v) is 8.59. The van der Waals surface area contributed by atoms with Gasteiger partial charge in [0.2, 0.25) is 0 Å². The van der Waals surface area contributed by atoms with E-state index in [4.69, 9.17) is 4.99 Å². The standard InChI is InChI=1S/C12H22N2S2/c1-3-9-8-16-12(13-9)14-10-5-4-6-11(7-10)15-2/h9-11H,3-8H2,1-2H3,(H,13,14). The zero-order chi connectivity index (χ0) is 11.4. The van der Waals surface area contributed by atoms with E-state index >= 15 is 0 Å². The van der Waals surface area contributed by atoms with Gasteiger partial charge in [-0.2, -0.15) is 11.8 Å². The van der Waals surface area contributed by atoms with Crippen LogP contribution in [0.15, 0.2) is 4.99 Å². The Bertz CT molecular complexity index is 255. The first-order valence-electron chi connectivity index (χ1n) is 6.31. The second kappa shape index (κ2) is 6.20. The van der Waals surface area contributed by atoms with E-state index < -0.39 is 0 Å². The predicted octanol–water partition coefficient (Wildman–Crippen LogP) is 3.13. The Morgan fingerprint density at radius 2 is 2.38 bits per heavy atom. The summed E-state index contributed by atoms with van der Waals surface area (Å²) >= 11 is 3.94.